The van der Waals surface area contributed by atoms with Gasteiger partial charge in [-0.1, -0.05) is 42.5 Å². The van der Waals surface area contributed by atoms with Gasteiger partial charge in [-0.15, -0.1) is 0 Å². The van der Waals surface area contributed by atoms with Gasteiger partial charge in [-0.25, -0.2) is 14.4 Å². The van der Waals surface area contributed by atoms with Gasteiger partial charge in [0.1, 0.15) is 6.61 Å². The SMILES string of the molecule is COc1ccc(Cn2c(=O)c3cc(CNC(=O)OC(C)(OC)OC)ccc3n(C3CCN(C(=O)OCc4ccccc4)CC3)c2=O)cc1OC. The minimum Gasteiger partial charge on any atom is -0.493 e. The van der Waals surface area contributed by atoms with Gasteiger partial charge in [0.15, 0.2) is 11.5 Å². The third-order valence-electron chi connectivity index (χ3n) is 8.77. The van der Waals surface area contributed by atoms with Gasteiger partial charge in [0.2, 0.25) is 0 Å². The number of aromatic nitrogens is 2. The number of carbonyl (C=O) groups is 2. The van der Waals surface area contributed by atoms with Crippen molar-refractivity contribution in [1.29, 1.82) is 0 Å². The molecule has 1 saturated heterocycles. The Bertz CT molecular complexity index is 1930. The number of alkyl carbamates (subject to hydrolysis) is 1. The Hall–Kier alpha value is -5.34. The van der Waals surface area contributed by atoms with Gasteiger partial charge in [-0.3, -0.25) is 13.9 Å². The fraction of sp³-hybridized carbons (Fsp3) is 0.389. The van der Waals surface area contributed by atoms with E-state index in [4.69, 9.17) is 28.4 Å². The highest BCUT2D eigenvalue weighted by Gasteiger charge is 2.29. The summed E-state index contributed by atoms with van der Waals surface area (Å²) in [5, 5.41) is 2.93. The van der Waals surface area contributed by atoms with Crippen molar-refractivity contribution in [1.82, 2.24) is 19.4 Å². The number of hydrogen-bond donors (Lipinski definition) is 1. The maximum absolute atomic E-state index is 14.2. The average Bonchev–Trinajstić information content (AvgIpc) is 3.15. The van der Waals surface area contributed by atoms with E-state index < -0.39 is 29.4 Å². The average molecular weight is 691 g/mol. The number of hydrogen-bond acceptors (Lipinski definition) is 10. The van der Waals surface area contributed by atoms with Crippen LogP contribution in [0.3, 0.4) is 0 Å². The van der Waals surface area contributed by atoms with Gasteiger partial charge < -0.3 is 38.6 Å². The first-order valence-corrected chi connectivity index (χ1v) is 16.1. The molecular weight excluding hydrogens is 648 g/mol. The molecule has 0 bridgehead atoms. The molecule has 3 aromatic carbocycles. The Morgan fingerprint density at radius 3 is 2.18 bits per heavy atom. The second kappa shape index (κ2) is 15.9. The maximum atomic E-state index is 14.2. The Morgan fingerprint density at radius 2 is 1.52 bits per heavy atom. The number of benzene rings is 3. The van der Waals surface area contributed by atoms with E-state index in [1.54, 1.807) is 45.9 Å². The van der Waals surface area contributed by atoms with E-state index in [2.05, 4.69) is 5.32 Å². The zero-order chi connectivity index (χ0) is 35.8. The molecule has 1 aromatic heterocycles. The zero-order valence-corrected chi connectivity index (χ0v) is 28.8. The van der Waals surface area contributed by atoms with Gasteiger partial charge in [-0.2, -0.15) is 0 Å². The predicted molar refractivity (Wildman–Crippen MR) is 183 cm³/mol. The molecule has 5 rings (SSSR count). The van der Waals surface area contributed by atoms with Gasteiger partial charge in [-0.05, 0) is 53.8 Å². The number of methoxy groups -OCH3 is 4. The van der Waals surface area contributed by atoms with Crippen molar-refractivity contribution in [3.8, 4) is 11.5 Å². The molecule has 0 saturated carbocycles. The summed E-state index contributed by atoms with van der Waals surface area (Å²) < 4.78 is 34.5. The number of likely N-dealkylation sites (tertiary alicyclic amines) is 1. The molecule has 14 nitrogen and oxygen atoms in total. The Kier molecular flexibility index (Phi) is 11.4. The van der Waals surface area contributed by atoms with Crippen molar-refractivity contribution < 1.29 is 38.0 Å². The van der Waals surface area contributed by atoms with E-state index in [-0.39, 0.29) is 25.7 Å². The Labute approximate surface area is 289 Å². The van der Waals surface area contributed by atoms with Crippen LogP contribution in [0.25, 0.3) is 10.9 Å². The van der Waals surface area contributed by atoms with E-state index in [0.717, 1.165) is 5.56 Å². The summed E-state index contributed by atoms with van der Waals surface area (Å²) in [6.45, 7) is 2.34. The standard InChI is InChI=1S/C36H42N4O10/c1-36(47-4,48-5)50-33(42)37-21-25-11-13-29-28(19-25)32(41)39(22-26-12-14-30(45-2)31(20-26)46-3)34(43)40(29)27-15-17-38(18-16-27)35(44)49-23-24-9-7-6-8-10-24/h6-14,19-20,27H,15-18,21-23H2,1-5H3,(H,37,42). The van der Waals surface area contributed by atoms with Crippen LogP contribution in [0.5, 0.6) is 11.5 Å². The van der Waals surface area contributed by atoms with Crippen molar-refractivity contribution >= 4 is 23.1 Å². The number of rotatable bonds is 12. The smallest absolute Gasteiger partial charge is 0.411 e. The highest BCUT2D eigenvalue weighted by molar-refractivity contribution is 5.79. The topological polar surface area (TPSA) is 149 Å². The number of piperidine rings is 1. The van der Waals surface area contributed by atoms with E-state index in [1.807, 2.05) is 30.3 Å². The minimum absolute atomic E-state index is 0.0238. The third-order valence-corrected chi connectivity index (χ3v) is 8.77. The molecule has 1 aliphatic heterocycles. The summed E-state index contributed by atoms with van der Waals surface area (Å²) in [6, 6.07) is 19.4. The van der Waals surface area contributed by atoms with Crippen molar-refractivity contribution in [3.63, 3.8) is 0 Å². The number of ether oxygens (including phenoxy) is 6. The Balaban J connectivity index is 1.44. The van der Waals surface area contributed by atoms with Crippen molar-refractivity contribution in [2.45, 2.75) is 51.5 Å². The van der Waals surface area contributed by atoms with E-state index >= 15 is 0 Å². The number of carbonyl (C=O) groups excluding carboxylic acids is 2. The predicted octanol–water partition coefficient (Wildman–Crippen LogP) is 4.40. The third kappa shape index (κ3) is 8.09. The molecule has 4 aromatic rings. The fourth-order valence-electron chi connectivity index (χ4n) is 5.86. The first-order valence-electron chi connectivity index (χ1n) is 16.1. The van der Waals surface area contributed by atoms with Crippen LogP contribution >= 0.6 is 0 Å². The quantitative estimate of drug-likeness (QED) is 0.212. The zero-order valence-electron chi connectivity index (χ0n) is 28.8. The van der Waals surface area contributed by atoms with Crippen molar-refractivity contribution in [2.24, 2.45) is 0 Å². The van der Waals surface area contributed by atoms with Crippen LogP contribution in [0.2, 0.25) is 0 Å². The van der Waals surface area contributed by atoms with Crippen LogP contribution in [0.4, 0.5) is 9.59 Å². The molecule has 1 N–H and O–H groups in total. The number of nitrogens with one attached hydrogen (secondary N) is 1. The van der Waals surface area contributed by atoms with Crippen LogP contribution in [0.1, 0.15) is 42.5 Å². The molecule has 1 aliphatic rings. The summed E-state index contributed by atoms with van der Waals surface area (Å²) in [5.41, 5.74) is 1.63. The van der Waals surface area contributed by atoms with Crippen LogP contribution < -0.4 is 26.0 Å². The first kappa shape index (κ1) is 36.0. The lowest BCUT2D eigenvalue weighted by atomic mass is 10.0. The second-order valence-corrected chi connectivity index (χ2v) is 11.9. The second-order valence-electron chi connectivity index (χ2n) is 11.9. The maximum Gasteiger partial charge on any atom is 0.411 e. The fourth-order valence-corrected chi connectivity index (χ4v) is 5.86. The van der Waals surface area contributed by atoms with Crippen LogP contribution in [-0.2, 0) is 38.6 Å². The monoisotopic (exact) mass is 690 g/mol. The molecule has 266 valence electrons. The van der Waals surface area contributed by atoms with Gasteiger partial charge in [0, 0.05) is 46.8 Å². The Morgan fingerprint density at radius 1 is 0.840 bits per heavy atom. The van der Waals surface area contributed by atoms with E-state index in [1.165, 1.54) is 39.9 Å². The number of amides is 2. The molecule has 0 aliphatic carbocycles. The first-order chi connectivity index (χ1) is 24.1. The van der Waals surface area contributed by atoms with E-state index in [0.29, 0.717) is 59.5 Å². The number of nitrogens with zero attached hydrogens (tertiary/aromatic N) is 3. The molecule has 14 heteroatoms. The summed E-state index contributed by atoms with van der Waals surface area (Å²) in [7, 11) is 5.72. The summed E-state index contributed by atoms with van der Waals surface area (Å²) in [4.78, 5) is 55.2. The largest absolute Gasteiger partial charge is 0.493 e. The molecule has 50 heavy (non-hydrogen) atoms. The van der Waals surface area contributed by atoms with Crippen LogP contribution in [-0.4, -0.2) is 73.7 Å². The highest BCUT2D eigenvalue weighted by Crippen LogP contribution is 2.29. The summed E-state index contributed by atoms with van der Waals surface area (Å²) in [6.07, 6.45) is -0.274. The van der Waals surface area contributed by atoms with E-state index in [9.17, 15) is 19.2 Å². The molecule has 0 unspecified atom stereocenters. The van der Waals surface area contributed by atoms with Crippen molar-refractivity contribution in [3.05, 3.63) is 104 Å². The minimum atomic E-state index is -1.57. The highest BCUT2D eigenvalue weighted by atomic mass is 16.9. The molecule has 2 heterocycles. The summed E-state index contributed by atoms with van der Waals surface area (Å²) >= 11 is 0. The van der Waals surface area contributed by atoms with Gasteiger partial charge >= 0.3 is 23.8 Å². The van der Waals surface area contributed by atoms with Crippen molar-refractivity contribution in [2.75, 3.05) is 41.5 Å². The molecule has 0 radical (unpaired) electrons. The van der Waals surface area contributed by atoms with Gasteiger partial charge in [0.05, 0.1) is 31.7 Å². The van der Waals surface area contributed by atoms with Crippen LogP contribution in [0.15, 0.2) is 76.3 Å². The summed E-state index contributed by atoms with van der Waals surface area (Å²) in [5.74, 6) is -0.597. The van der Waals surface area contributed by atoms with Crippen LogP contribution in [0, 0.1) is 0 Å². The number of fused-ring (bicyclic) bond motifs is 1. The molecular formula is C36H42N4O10. The lowest BCUT2D eigenvalue weighted by molar-refractivity contribution is -0.322. The normalized spacial score (nSPS) is 13.6. The molecule has 1 fully saturated rings. The molecule has 2 amide bonds. The lowest BCUT2D eigenvalue weighted by Crippen LogP contribution is -2.45. The lowest BCUT2D eigenvalue weighted by Gasteiger charge is -2.33. The molecule has 0 spiro atoms. The molecule has 0 atom stereocenters. The van der Waals surface area contributed by atoms with Gasteiger partial charge in [0.25, 0.3) is 5.56 Å².